The second-order valence-electron chi connectivity index (χ2n) is 2.81. The average Bonchev–Trinajstić information content (AvgIpc) is 2.16. The van der Waals surface area contributed by atoms with Gasteiger partial charge in [0.25, 0.3) is 0 Å². The normalized spacial score (nSPS) is 10.6. The quantitative estimate of drug-likeness (QED) is 0.279. The van der Waals surface area contributed by atoms with Crippen molar-refractivity contribution >= 4 is 57.6 Å². The maximum atomic E-state index is 13.4. The molecular formula is C9H4F4Tl2. The minimum atomic E-state index is -1.34. The van der Waals surface area contributed by atoms with Crippen LogP contribution in [0.5, 0.6) is 0 Å². The fraction of sp³-hybridized carbons (Fsp3) is 0.111. The fourth-order valence-electron chi connectivity index (χ4n) is 1.14. The third kappa shape index (κ3) is 2.45. The van der Waals surface area contributed by atoms with Gasteiger partial charge in [0.05, 0.1) is 0 Å². The molecule has 0 nitrogen and oxygen atoms in total. The van der Waals surface area contributed by atoms with Crippen molar-refractivity contribution in [3.8, 4) is 0 Å². The molecule has 15 heavy (non-hydrogen) atoms. The van der Waals surface area contributed by atoms with Gasteiger partial charge >= 0.3 is 117 Å². The summed E-state index contributed by atoms with van der Waals surface area (Å²) in [5.41, 5.74) is -1.16. The number of hydrogen-bond donors (Lipinski definition) is 0. The van der Waals surface area contributed by atoms with Crippen molar-refractivity contribution in [2.24, 2.45) is 0 Å². The van der Waals surface area contributed by atoms with Crippen LogP contribution in [0.25, 0.3) is 6.08 Å². The van der Waals surface area contributed by atoms with E-state index in [4.69, 9.17) is 0 Å². The topological polar surface area (TPSA) is 0 Å². The molecule has 0 aliphatic carbocycles. The van der Waals surface area contributed by atoms with Crippen molar-refractivity contribution in [3.63, 3.8) is 0 Å². The van der Waals surface area contributed by atoms with Crippen LogP contribution < -0.4 is 0 Å². The second-order valence-corrected chi connectivity index (χ2v) is 20.0. The van der Waals surface area contributed by atoms with E-state index in [1.165, 1.54) is 0 Å². The van der Waals surface area contributed by atoms with Crippen molar-refractivity contribution in [2.75, 3.05) is 0 Å². The van der Waals surface area contributed by atoms with E-state index in [-0.39, 0.29) is 52.6 Å². The predicted molar refractivity (Wildman–Crippen MR) is 50.6 cm³/mol. The van der Waals surface area contributed by atoms with E-state index < -0.39 is 34.4 Å². The van der Waals surface area contributed by atoms with Crippen molar-refractivity contribution in [3.05, 3.63) is 41.0 Å². The molecule has 0 N–H and O–H groups in total. The first-order valence-electron chi connectivity index (χ1n) is 3.91. The Bertz CT molecular complexity index is 386. The van der Waals surface area contributed by atoms with E-state index >= 15 is 0 Å². The minimum absolute atomic E-state index is 0.275. The van der Waals surface area contributed by atoms with Gasteiger partial charge in [0.15, 0.2) is 0 Å². The summed E-state index contributed by atoms with van der Waals surface area (Å²) in [5.74, 6) is -5.21. The summed E-state index contributed by atoms with van der Waals surface area (Å²) in [6.45, 7) is 3.12. The fourth-order valence-corrected chi connectivity index (χ4v) is 3.41. The maximum absolute atomic E-state index is 13.4. The summed E-state index contributed by atoms with van der Waals surface area (Å²) in [4.78, 5) is 0. The zero-order valence-electron chi connectivity index (χ0n) is 7.53. The van der Waals surface area contributed by atoms with E-state index in [1.807, 2.05) is 0 Å². The van der Waals surface area contributed by atoms with Crippen LogP contribution in [0.1, 0.15) is 12.2 Å². The van der Waals surface area contributed by atoms with Crippen molar-refractivity contribution < 1.29 is 17.6 Å². The number of hydrogen-bond acceptors (Lipinski definition) is 0. The number of halogens is 4. The Kier molecular flexibility index (Phi) is 4.74. The summed E-state index contributed by atoms with van der Waals surface area (Å²) < 4.78 is 52.9. The summed E-state index contributed by atoms with van der Waals surface area (Å²) in [5, 5.41) is 0. The Morgan fingerprint density at radius 3 is 1.60 bits per heavy atom. The Balaban J connectivity index is 3.66. The van der Waals surface area contributed by atoms with Gasteiger partial charge < -0.3 is 0 Å². The monoisotopic (exact) mass is 598 g/mol. The van der Waals surface area contributed by atoms with Gasteiger partial charge in [-0.3, -0.25) is 0 Å². The first-order chi connectivity index (χ1) is 6.91. The zero-order chi connectivity index (χ0) is 11.7. The van der Waals surface area contributed by atoms with Crippen molar-refractivity contribution in [2.45, 2.75) is 1.04 Å². The Hall–Kier alpha value is 0.524. The molecule has 1 aromatic rings. The third-order valence-corrected chi connectivity index (χ3v) is 4.46. The number of benzene rings is 1. The Labute approximate surface area is 116 Å². The first kappa shape index (κ1) is 13.6. The molecule has 1 rings (SSSR count). The van der Waals surface area contributed by atoms with Gasteiger partial charge in [-0.25, -0.2) is 0 Å². The van der Waals surface area contributed by atoms with Gasteiger partial charge in [-0.2, -0.15) is 0 Å². The summed E-state index contributed by atoms with van der Waals surface area (Å²) in [6.07, 6.45) is 0.778. The van der Waals surface area contributed by atoms with Crippen LogP contribution in [-0.4, -0.2) is 51.5 Å². The molecule has 74 valence electrons. The molecule has 0 aromatic heterocycles. The number of rotatable bonds is 2. The van der Waals surface area contributed by atoms with Gasteiger partial charge in [-0.15, -0.1) is 0 Å². The van der Waals surface area contributed by atoms with E-state index in [0.29, 0.717) is 0 Å². The van der Waals surface area contributed by atoms with Gasteiger partial charge in [0.1, 0.15) is 0 Å². The van der Waals surface area contributed by atoms with E-state index in [9.17, 15) is 17.6 Å². The Morgan fingerprint density at radius 2 is 1.33 bits per heavy atom. The molecule has 0 aliphatic heterocycles. The molecular weight excluding hydrogens is 593 g/mol. The summed E-state index contributed by atoms with van der Waals surface area (Å²) in [7, 11) is 0. The van der Waals surface area contributed by atoms with E-state index in [0.717, 1.165) is 6.08 Å². The SMILES string of the molecule is C=Cc1c(F)c(F)c([CH]([Tl])[Tl])c(F)c1F. The third-order valence-electron chi connectivity index (χ3n) is 1.87. The molecule has 0 heterocycles. The molecule has 0 unspecified atom stereocenters. The van der Waals surface area contributed by atoms with Gasteiger partial charge in [0.2, 0.25) is 0 Å². The molecule has 0 atom stereocenters. The van der Waals surface area contributed by atoms with Crippen LogP contribution in [-0.2, 0) is 0 Å². The van der Waals surface area contributed by atoms with E-state index in [2.05, 4.69) is 6.58 Å². The molecule has 0 amide bonds. The molecule has 1 aromatic carbocycles. The molecule has 0 saturated heterocycles. The predicted octanol–water partition coefficient (Wildman–Crippen LogP) is 2.22. The molecule has 0 aliphatic rings. The molecule has 0 spiro atoms. The van der Waals surface area contributed by atoms with Crippen LogP contribution in [0.4, 0.5) is 17.6 Å². The zero-order valence-corrected chi connectivity index (χ0v) is 16.5. The summed E-state index contributed by atoms with van der Waals surface area (Å²) >= 11 is 0.551. The van der Waals surface area contributed by atoms with Gasteiger partial charge in [0, 0.05) is 0 Å². The van der Waals surface area contributed by atoms with Crippen LogP contribution in [0.2, 0.25) is 0 Å². The molecule has 6 heteroatoms. The van der Waals surface area contributed by atoms with Gasteiger partial charge in [-0.1, -0.05) is 0 Å². The van der Waals surface area contributed by atoms with Crippen LogP contribution in [0.3, 0.4) is 0 Å². The van der Waals surface area contributed by atoms with Gasteiger partial charge in [-0.05, 0) is 0 Å². The standard InChI is InChI=1S/C9H4F4.2Tl/c1-3-5-8(12)6(10)4(2)7(11)9(5)13;;/h2-3H,1H2;;. The van der Waals surface area contributed by atoms with Crippen LogP contribution in [0.15, 0.2) is 6.58 Å². The van der Waals surface area contributed by atoms with Crippen LogP contribution in [0, 0.1) is 23.3 Å². The molecule has 0 radical (unpaired) electrons. The molecule has 0 saturated carbocycles. The Morgan fingerprint density at radius 1 is 0.933 bits per heavy atom. The molecule has 0 bridgehead atoms. The molecule has 0 fully saturated rings. The van der Waals surface area contributed by atoms with Crippen molar-refractivity contribution in [1.29, 1.82) is 0 Å². The van der Waals surface area contributed by atoms with E-state index in [1.54, 1.807) is 0 Å². The first-order valence-corrected chi connectivity index (χ1v) is 9.09. The van der Waals surface area contributed by atoms with Crippen molar-refractivity contribution in [1.82, 2.24) is 0 Å². The summed E-state index contributed by atoms with van der Waals surface area (Å²) in [6, 6.07) is 0. The second kappa shape index (κ2) is 5.24. The van der Waals surface area contributed by atoms with Crippen LogP contribution >= 0.6 is 0 Å². The average molecular weight is 597 g/mol.